The Morgan fingerprint density at radius 1 is 1.38 bits per heavy atom. The number of nitro groups is 1. The number of hydrogen-bond acceptors (Lipinski definition) is 5. The highest BCUT2D eigenvalue weighted by molar-refractivity contribution is 5.76. The molecule has 1 rings (SSSR count). The number of nitrogens with zero attached hydrogens (tertiary/aromatic N) is 3. The number of anilines is 1. The third-order valence-corrected chi connectivity index (χ3v) is 2.82. The largest absolute Gasteiger partial charge is 0.364 e. The van der Waals surface area contributed by atoms with Crippen molar-refractivity contribution in [3.63, 3.8) is 0 Å². The van der Waals surface area contributed by atoms with Crippen LogP contribution in [0.2, 0.25) is 0 Å². The van der Waals surface area contributed by atoms with Gasteiger partial charge in [0.1, 0.15) is 5.69 Å². The molecular formula is C13H23N5O3. The molecule has 0 aromatic carbocycles. The Morgan fingerprint density at radius 2 is 2.00 bits per heavy atom. The van der Waals surface area contributed by atoms with Crippen LogP contribution in [-0.4, -0.2) is 33.2 Å². The second kappa shape index (κ2) is 7.05. The molecule has 8 nitrogen and oxygen atoms in total. The molecule has 0 saturated carbocycles. The second-order valence-corrected chi connectivity index (χ2v) is 5.48. The minimum absolute atomic E-state index is 0.00982. The predicted molar refractivity (Wildman–Crippen MR) is 80.4 cm³/mol. The van der Waals surface area contributed by atoms with Crippen molar-refractivity contribution in [1.29, 1.82) is 0 Å². The zero-order valence-electron chi connectivity index (χ0n) is 13.1. The first-order chi connectivity index (χ1) is 9.73. The van der Waals surface area contributed by atoms with Gasteiger partial charge in [0.05, 0.1) is 4.92 Å². The summed E-state index contributed by atoms with van der Waals surface area (Å²) in [5.41, 5.74) is 0.329. The maximum absolute atomic E-state index is 11.6. The lowest BCUT2D eigenvalue weighted by atomic mass is 10.3. The molecule has 0 bridgehead atoms. The van der Waals surface area contributed by atoms with Crippen LogP contribution in [0.3, 0.4) is 0 Å². The summed E-state index contributed by atoms with van der Waals surface area (Å²) in [6.45, 7) is 9.48. The van der Waals surface area contributed by atoms with E-state index in [0.29, 0.717) is 18.1 Å². The molecule has 118 valence electrons. The molecule has 21 heavy (non-hydrogen) atoms. The topological polar surface area (TPSA) is 102 Å². The third-order valence-electron chi connectivity index (χ3n) is 2.82. The number of carbonyl (C=O) groups excluding carboxylic acids is 1. The minimum Gasteiger partial charge on any atom is -0.364 e. The summed E-state index contributed by atoms with van der Waals surface area (Å²) >= 11 is 0. The molecule has 0 saturated heterocycles. The van der Waals surface area contributed by atoms with Crippen LogP contribution in [0.1, 0.15) is 45.9 Å². The monoisotopic (exact) mass is 297 g/mol. The molecule has 0 spiro atoms. The average Bonchev–Trinajstić information content (AvgIpc) is 2.65. The second-order valence-electron chi connectivity index (χ2n) is 5.48. The predicted octanol–water partition coefficient (Wildman–Crippen LogP) is 2.01. The first-order valence-corrected chi connectivity index (χ1v) is 7.00. The molecule has 1 amide bonds. The van der Waals surface area contributed by atoms with Crippen LogP contribution in [0.25, 0.3) is 0 Å². The molecule has 0 aliphatic rings. The number of amides is 1. The van der Waals surface area contributed by atoms with E-state index in [1.165, 1.54) is 0 Å². The van der Waals surface area contributed by atoms with Crippen molar-refractivity contribution in [2.75, 3.05) is 11.9 Å². The van der Waals surface area contributed by atoms with Crippen molar-refractivity contribution in [3.05, 3.63) is 15.8 Å². The van der Waals surface area contributed by atoms with E-state index in [0.717, 1.165) is 0 Å². The minimum atomic E-state index is -0.447. The van der Waals surface area contributed by atoms with E-state index >= 15 is 0 Å². The number of hydrogen-bond donors (Lipinski definition) is 2. The molecular weight excluding hydrogens is 274 g/mol. The van der Waals surface area contributed by atoms with Crippen LogP contribution in [0.15, 0.2) is 0 Å². The molecule has 0 atom stereocenters. The van der Waals surface area contributed by atoms with Gasteiger partial charge in [-0.15, -0.1) is 0 Å². The zero-order valence-corrected chi connectivity index (χ0v) is 13.1. The van der Waals surface area contributed by atoms with Gasteiger partial charge in [-0.1, -0.05) is 0 Å². The fraction of sp³-hybridized carbons (Fsp3) is 0.692. The van der Waals surface area contributed by atoms with Crippen LogP contribution in [0.4, 0.5) is 11.5 Å². The van der Waals surface area contributed by atoms with E-state index < -0.39 is 4.92 Å². The average molecular weight is 297 g/mol. The molecule has 0 aliphatic carbocycles. The highest BCUT2D eigenvalue weighted by Crippen LogP contribution is 2.30. The van der Waals surface area contributed by atoms with Gasteiger partial charge >= 0.3 is 5.69 Å². The summed E-state index contributed by atoms with van der Waals surface area (Å²) in [6, 6.07) is 0.0691. The maximum Gasteiger partial charge on any atom is 0.333 e. The maximum atomic E-state index is 11.6. The van der Waals surface area contributed by atoms with Gasteiger partial charge in [-0.3, -0.25) is 14.9 Å². The first-order valence-electron chi connectivity index (χ1n) is 7.00. The molecule has 8 heteroatoms. The first kappa shape index (κ1) is 16.9. The smallest absolute Gasteiger partial charge is 0.333 e. The van der Waals surface area contributed by atoms with E-state index in [1.54, 1.807) is 11.6 Å². The van der Waals surface area contributed by atoms with Gasteiger partial charge in [-0.05, 0) is 34.6 Å². The lowest BCUT2D eigenvalue weighted by Crippen LogP contribution is -2.31. The zero-order chi connectivity index (χ0) is 16.2. The summed E-state index contributed by atoms with van der Waals surface area (Å²) < 4.78 is 1.58. The Balaban J connectivity index is 2.82. The van der Waals surface area contributed by atoms with Crippen molar-refractivity contribution in [3.8, 4) is 0 Å². The van der Waals surface area contributed by atoms with E-state index in [2.05, 4.69) is 15.7 Å². The molecule has 0 fully saturated rings. The number of carbonyl (C=O) groups is 1. The van der Waals surface area contributed by atoms with E-state index in [4.69, 9.17) is 0 Å². The quantitative estimate of drug-likeness (QED) is 0.592. The summed E-state index contributed by atoms with van der Waals surface area (Å²) in [5.74, 6) is 0.261. The van der Waals surface area contributed by atoms with Crippen LogP contribution in [0, 0.1) is 17.0 Å². The summed E-state index contributed by atoms with van der Waals surface area (Å²) in [7, 11) is 0. The van der Waals surface area contributed by atoms with Gasteiger partial charge in [-0.25, -0.2) is 4.68 Å². The standard InChI is InChI=1S/C13H23N5O3/c1-8(2)15-11(19)6-7-14-13-12(18(20)21)10(5)16-17(13)9(3)4/h8-9,14H,6-7H2,1-5H3,(H,15,19). The van der Waals surface area contributed by atoms with Crippen molar-refractivity contribution in [2.24, 2.45) is 0 Å². The molecule has 0 aliphatic heterocycles. The third kappa shape index (κ3) is 4.44. The van der Waals surface area contributed by atoms with Gasteiger partial charge in [0.2, 0.25) is 11.7 Å². The van der Waals surface area contributed by atoms with Crippen molar-refractivity contribution in [1.82, 2.24) is 15.1 Å². The Kier molecular flexibility index (Phi) is 5.69. The van der Waals surface area contributed by atoms with Gasteiger partial charge in [-0.2, -0.15) is 5.10 Å². The molecule has 2 N–H and O–H groups in total. The number of aromatic nitrogens is 2. The Hall–Kier alpha value is -2.12. The summed E-state index contributed by atoms with van der Waals surface area (Å²) in [5, 5.41) is 21.1. The number of aryl methyl sites for hydroxylation is 1. The highest BCUT2D eigenvalue weighted by Gasteiger charge is 2.26. The van der Waals surface area contributed by atoms with Gasteiger partial charge in [0.15, 0.2) is 0 Å². The molecule has 0 unspecified atom stereocenters. The lowest BCUT2D eigenvalue weighted by Gasteiger charge is -2.12. The van der Waals surface area contributed by atoms with Crippen LogP contribution >= 0.6 is 0 Å². The van der Waals surface area contributed by atoms with Gasteiger partial charge < -0.3 is 10.6 Å². The Labute approximate surface area is 124 Å². The van der Waals surface area contributed by atoms with E-state index in [-0.39, 0.29) is 30.1 Å². The van der Waals surface area contributed by atoms with Crippen LogP contribution < -0.4 is 10.6 Å². The van der Waals surface area contributed by atoms with E-state index in [9.17, 15) is 14.9 Å². The van der Waals surface area contributed by atoms with E-state index in [1.807, 2.05) is 27.7 Å². The molecule has 1 heterocycles. The fourth-order valence-electron chi connectivity index (χ4n) is 1.98. The van der Waals surface area contributed by atoms with Crippen LogP contribution in [-0.2, 0) is 4.79 Å². The SMILES string of the molecule is Cc1nn(C(C)C)c(NCCC(=O)NC(C)C)c1[N+](=O)[O-]. The molecule has 0 radical (unpaired) electrons. The van der Waals surface area contributed by atoms with Crippen molar-refractivity contribution < 1.29 is 9.72 Å². The molecule has 1 aromatic rings. The summed E-state index contributed by atoms with van der Waals surface area (Å²) in [6.07, 6.45) is 0.248. The lowest BCUT2D eigenvalue weighted by molar-refractivity contribution is -0.384. The van der Waals surface area contributed by atoms with Crippen molar-refractivity contribution >= 4 is 17.4 Å². The van der Waals surface area contributed by atoms with Gasteiger partial charge in [0, 0.05) is 25.0 Å². The normalized spacial score (nSPS) is 11.0. The highest BCUT2D eigenvalue weighted by atomic mass is 16.6. The molecule has 1 aromatic heterocycles. The number of rotatable bonds is 7. The van der Waals surface area contributed by atoms with Crippen molar-refractivity contribution in [2.45, 2.75) is 53.1 Å². The Morgan fingerprint density at radius 3 is 2.48 bits per heavy atom. The van der Waals surface area contributed by atoms with Gasteiger partial charge in [0.25, 0.3) is 0 Å². The number of nitrogens with one attached hydrogen (secondary N) is 2. The Bertz CT molecular complexity index is 522. The fourth-order valence-corrected chi connectivity index (χ4v) is 1.98. The summed E-state index contributed by atoms with van der Waals surface area (Å²) in [4.78, 5) is 22.3. The van der Waals surface area contributed by atoms with Crippen LogP contribution in [0.5, 0.6) is 0 Å².